The van der Waals surface area contributed by atoms with Crippen LogP contribution in [0.2, 0.25) is 0 Å². The van der Waals surface area contributed by atoms with E-state index in [1.807, 2.05) is 62.4 Å². The maximum absolute atomic E-state index is 11.1. The first-order valence-electron chi connectivity index (χ1n) is 22.6. The van der Waals surface area contributed by atoms with E-state index in [0.29, 0.717) is 29.3 Å². The first-order valence-corrected chi connectivity index (χ1v) is 22.6. The summed E-state index contributed by atoms with van der Waals surface area (Å²) in [7, 11) is 4.51. The summed E-state index contributed by atoms with van der Waals surface area (Å²) < 4.78 is 13.8. The van der Waals surface area contributed by atoms with Crippen LogP contribution in [-0.4, -0.2) is 62.5 Å². The summed E-state index contributed by atoms with van der Waals surface area (Å²) in [5.41, 5.74) is 5.41. The second kappa shape index (κ2) is 52.5. The van der Waals surface area contributed by atoms with Crippen molar-refractivity contribution >= 4 is 58.9 Å². The number of carboxylic acid groups (broad SMARTS) is 1. The molecule has 0 saturated heterocycles. The largest absolute Gasteiger partial charge is 0.481 e. The summed E-state index contributed by atoms with van der Waals surface area (Å²) in [6.07, 6.45) is 5.01. The zero-order valence-corrected chi connectivity index (χ0v) is 50.3. The number of aryl methyl sites for hydroxylation is 2. The van der Waals surface area contributed by atoms with Crippen molar-refractivity contribution in [1.82, 2.24) is 10.6 Å². The van der Waals surface area contributed by atoms with Crippen LogP contribution in [0.1, 0.15) is 101 Å². The van der Waals surface area contributed by atoms with Crippen molar-refractivity contribution in [1.29, 1.82) is 0 Å². The molecule has 2 amide bonds. The van der Waals surface area contributed by atoms with Gasteiger partial charge in [-0.25, -0.2) is 9.59 Å². The van der Waals surface area contributed by atoms with Crippen LogP contribution in [0.4, 0.5) is 22.7 Å². The Hall–Kier alpha value is -5.41. The molecule has 16 nitrogen and oxygen atoms in total. The third kappa shape index (κ3) is 45.2. The van der Waals surface area contributed by atoms with Gasteiger partial charge in [-0.15, -0.1) is 0 Å². The minimum atomic E-state index is -0.833. The molecule has 4 aromatic rings. The molecule has 74 heavy (non-hydrogen) atoms. The van der Waals surface area contributed by atoms with Gasteiger partial charge >= 0.3 is 11.9 Å². The van der Waals surface area contributed by atoms with Crippen molar-refractivity contribution in [3.8, 4) is 11.5 Å². The molecule has 1 saturated carbocycles. The molecule has 1 aliphatic rings. The third-order valence-corrected chi connectivity index (χ3v) is 9.39. The van der Waals surface area contributed by atoms with Gasteiger partial charge < -0.3 is 30.0 Å². The zero-order valence-electron chi connectivity index (χ0n) is 44.7. The van der Waals surface area contributed by atoms with Gasteiger partial charge in [-0.1, -0.05) is 111 Å². The number of ether oxygens (including phenoxy) is 3. The Bertz CT molecular complexity index is 2040. The van der Waals surface area contributed by atoms with Crippen LogP contribution in [0.5, 0.6) is 11.5 Å². The molecule has 5 rings (SSSR count). The number of nitrogens with one attached hydrogen (secondary N) is 2. The number of hydrogen-bond acceptors (Lipinski definition) is 13. The van der Waals surface area contributed by atoms with E-state index in [4.69, 9.17) is 24.2 Å². The molecule has 1 fully saturated rings. The predicted molar refractivity (Wildman–Crippen MR) is 292 cm³/mol. The summed E-state index contributed by atoms with van der Waals surface area (Å²) in [4.78, 5) is 59.5. The Balaban J connectivity index is -0.000000156. The predicted octanol–water partition coefficient (Wildman–Crippen LogP) is 14.0. The smallest absolute Gasteiger partial charge is 0.335 e. The van der Waals surface area contributed by atoms with Gasteiger partial charge in [0.2, 0.25) is 11.8 Å². The molecule has 18 heteroatoms. The summed E-state index contributed by atoms with van der Waals surface area (Å²) in [5.74, 6) is 2.85. The number of amides is 2. The van der Waals surface area contributed by atoms with Gasteiger partial charge in [0, 0.05) is 112 Å². The topological polar surface area (TPSA) is 224 Å². The monoisotopic (exact) mass is 1180 g/mol. The fraction of sp³-hybridized carbons (Fsp3) is 0.393. The van der Waals surface area contributed by atoms with Crippen LogP contribution in [-0.2, 0) is 98.9 Å². The molecule has 2 radical (unpaired) electrons. The van der Waals surface area contributed by atoms with Gasteiger partial charge in [0.1, 0.15) is 11.5 Å². The summed E-state index contributed by atoms with van der Waals surface area (Å²) in [6.45, 7) is 28.7. The maximum atomic E-state index is 11.1. The van der Waals surface area contributed by atoms with Crippen molar-refractivity contribution < 1.29 is 114 Å². The molecule has 4 aromatic carbocycles. The molecular weight excluding hydrogens is 1090 g/mol. The van der Waals surface area contributed by atoms with Gasteiger partial charge in [-0.2, -0.15) is 20.5 Å². The van der Waals surface area contributed by atoms with Crippen LogP contribution in [0.15, 0.2) is 143 Å². The van der Waals surface area contributed by atoms with Gasteiger partial charge in [0.25, 0.3) is 12.4 Å². The fourth-order valence-corrected chi connectivity index (χ4v) is 5.62. The molecule has 3 N–H and O–H groups in total. The van der Waals surface area contributed by atoms with Crippen LogP contribution >= 0.6 is 0 Å². The standard InChI is InChI=1S/C18H14N2O4.C14H14N2.C10H20.2C3H7NO.2C2H4O2.C2H6.2CH4.2Y/c1-3-17(21)23-15-9-5-13(6-10-15)19-20-14-7-11-16(12-8-14)24-18(22)4-2;1-11-3-7-13(8-4-11)15-16-14-9-5-12(2)6-10-14;1-5-10-8(3)6-7(2)9(10)4;2*1-3(5)4-2;1-4-2-3;1-2(3)4;1-2;;;;/h3-12H,1-2H2;3-10H,1-2H3;7-10H,5-6H2,1-4H3;2*1-2H3,(H,4,5);2H,1H3;1H3,(H,3,4);1-2H3;2*1H4;;. The minimum absolute atomic E-state index is 0. The van der Waals surface area contributed by atoms with E-state index in [1.165, 1.54) is 44.9 Å². The molecule has 4 unspecified atom stereocenters. The molecule has 0 heterocycles. The average molecular weight is 1180 g/mol. The minimum Gasteiger partial charge on any atom is -0.481 e. The van der Waals surface area contributed by atoms with Crippen molar-refractivity contribution in [2.24, 2.45) is 44.1 Å². The normalized spacial score (nSPS) is 13.8. The number of rotatable bonds is 10. The number of carbonyl (C=O) groups is 6. The van der Waals surface area contributed by atoms with Crippen molar-refractivity contribution in [2.75, 3.05) is 21.2 Å². The van der Waals surface area contributed by atoms with E-state index >= 15 is 0 Å². The van der Waals surface area contributed by atoms with E-state index in [9.17, 15) is 19.2 Å². The molecule has 0 bridgehead atoms. The van der Waals surface area contributed by atoms with E-state index in [-0.39, 0.29) is 92.1 Å². The Kier molecular flexibility index (Phi) is 58.5. The van der Waals surface area contributed by atoms with Gasteiger partial charge in [-0.05, 0) is 117 Å². The fourth-order valence-electron chi connectivity index (χ4n) is 5.62. The molecule has 0 spiro atoms. The Morgan fingerprint density at radius 2 is 0.851 bits per heavy atom. The second-order valence-corrected chi connectivity index (χ2v) is 14.9. The second-order valence-electron chi connectivity index (χ2n) is 14.9. The van der Waals surface area contributed by atoms with Gasteiger partial charge in [0.05, 0.1) is 29.9 Å². The third-order valence-electron chi connectivity index (χ3n) is 9.39. The summed E-state index contributed by atoms with van der Waals surface area (Å²) >= 11 is 0. The Morgan fingerprint density at radius 3 is 1.01 bits per heavy atom. The van der Waals surface area contributed by atoms with Crippen LogP contribution < -0.4 is 20.1 Å². The SMILES string of the molecule is C.C.C=CC(=O)Oc1ccc(N=Nc2ccc(OC(=O)C=C)cc2)cc1.CC.CC(=O)O.CCC1C(C)CC(C)C1C.CNC(C)=O.CNC(C)=O.COC=O.Cc1ccc(N=Nc2ccc(C)cc2)cc1.[Y].[Y]. The number of aliphatic carboxylic acids is 1. The zero-order chi connectivity index (χ0) is 54.0. The number of carbonyl (C=O) groups excluding carboxylic acids is 5. The van der Waals surface area contributed by atoms with Crippen LogP contribution in [0.3, 0.4) is 0 Å². The summed E-state index contributed by atoms with van der Waals surface area (Å²) in [6, 6.07) is 29.1. The number of carboxylic acids is 1. The average Bonchev–Trinajstić information content (AvgIpc) is 3.61. The number of azo groups is 2. The van der Waals surface area contributed by atoms with Crippen LogP contribution in [0, 0.1) is 37.5 Å². The number of hydrogen-bond donors (Lipinski definition) is 3. The molecule has 1 aliphatic carbocycles. The number of methoxy groups -OCH3 is 1. The van der Waals surface area contributed by atoms with E-state index < -0.39 is 17.9 Å². The van der Waals surface area contributed by atoms with Crippen LogP contribution in [0.25, 0.3) is 0 Å². The molecular formula is C56H84N6O10Y2. The van der Waals surface area contributed by atoms with E-state index in [1.54, 1.807) is 62.6 Å². The first-order chi connectivity index (χ1) is 33.2. The number of nitrogens with zero attached hydrogens (tertiary/aromatic N) is 4. The van der Waals surface area contributed by atoms with Gasteiger partial charge in [0.15, 0.2) is 0 Å². The Labute approximate surface area is 493 Å². The van der Waals surface area contributed by atoms with Gasteiger partial charge in [-0.3, -0.25) is 19.2 Å². The molecule has 4 atom stereocenters. The van der Waals surface area contributed by atoms with Crippen molar-refractivity contribution in [2.45, 2.75) is 104 Å². The molecule has 0 aromatic heterocycles. The molecule has 0 aliphatic heterocycles. The maximum Gasteiger partial charge on any atom is 0.335 e. The Morgan fingerprint density at radius 1 is 0.608 bits per heavy atom. The van der Waals surface area contributed by atoms with Crippen molar-refractivity contribution in [3.63, 3.8) is 0 Å². The first kappa shape index (κ1) is 82.6. The van der Waals surface area contributed by atoms with Crippen molar-refractivity contribution in [3.05, 3.63) is 133 Å². The number of benzene rings is 4. The number of esters is 2. The van der Waals surface area contributed by atoms with E-state index in [2.05, 4.69) is 90.5 Å². The molecule has 404 valence electrons. The quantitative estimate of drug-likeness (QED) is 0.0448. The van der Waals surface area contributed by atoms with E-state index in [0.717, 1.165) is 54.1 Å². The summed E-state index contributed by atoms with van der Waals surface area (Å²) in [5, 5.41) is 28.7.